The molecule has 2 heterocycles. The maximum absolute atomic E-state index is 4.39. The van der Waals surface area contributed by atoms with Crippen LogP contribution in [-0.4, -0.2) is 52.6 Å². The summed E-state index contributed by atoms with van der Waals surface area (Å²) >= 11 is 0. The molecule has 1 atom stereocenters. The molecule has 3 rings (SSSR count). The maximum Gasteiger partial charge on any atom is 0.137 e. The molecule has 0 saturated carbocycles. The van der Waals surface area contributed by atoms with E-state index in [1.165, 1.54) is 0 Å². The molecule has 1 fully saturated rings. The lowest BCUT2D eigenvalue weighted by atomic mass is 10.1. The number of piperazine rings is 1. The van der Waals surface area contributed by atoms with Crippen molar-refractivity contribution in [3.63, 3.8) is 0 Å². The van der Waals surface area contributed by atoms with Crippen LogP contribution in [0, 0.1) is 0 Å². The van der Waals surface area contributed by atoms with E-state index in [2.05, 4.69) is 46.2 Å². The van der Waals surface area contributed by atoms with Crippen LogP contribution in [0.3, 0.4) is 0 Å². The van der Waals surface area contributed by atoms with Crippen molar-refractivity contribution in [3.05, 3.63) is 48.7 Å². The van der Waals surface area contributed by atoms with E-state index in [4.69, 9.17) is 0 Å². The van der Waals surface area contributed by atoms with E-state index in [0.29, 0.717) is 0 Å². The Balaban J connectivity index is 1.76. The number of imidazole rings is 1. The van der Waals surface area contributed by atoms with Gasteiger partial charge < -0.3 is 15.2 Å². The van der Waals surface area contributed by atoms with Gasteiger partial charge in [0.25, 0.3) is 0 Å². The van der Waals surface area contributed by atoms with Crippen molar-refractivity contribution in [2.45, 2.75) is 6.92 Å². The van der Waals surface area contributed by atoms with Gasteiger partial charge >= 0.3 is 0 Å². The molecule has 0 amide bonds. The van der Waals surface area contributed by atoms with Gasteiger partial charge in [-0.1, -0.05) is 40.1 Å². The standard InChI is InChI=1S/C18H23N6P/c1-3-16(23-22-13(2)24-10-8-19-9-11-24)14-4-6-15(7-5-14)18-20-12-17(25)21-18/h3-7,12,19H,1,8-11,25H2,2H3,(H,20,21)/b22-13+,23-16+. The molecular formula is C18H23N6P. The van der Waals surface area contributed by atoms with E-state index >= 15 is 0 Å². The highest BCUT2D eigenvalue weighted by Crippen LogP contribution is 2.16. The number of allylic oxidation sites excluding steroid dienone is 1. The van der Waals surface area contributed by atoms with Crippen LogP contribution in [-0.2, 0) is 0 Å². The largest absolute Gasteiger partial charge is 0.356 e. The third-order valence-corrected chi connectivity index (χ3v) is 4.41. The van der Waals surface area contributed by atoms with Crippen LogP contribution in [0.4, 0.5) is 0 Å². The molecule has 0 spiro atoms. The molecule has 0 aliphatic carbocycles. The summed E-state index contributed by atoms with van der Waals surface area (Å²) in [6.07, 6.45) is 3.52. The second kappa shape index (κ2) is 8.19. The molecule has 1 aromatic heterocycles. The number of nitrogens with one attached hydrogen (secondary N) is 2. The highest BCUT2D eigenvalue weighted by atomic mass is 31.0. The molecule has 2 N–H and O–H groups in total. The molecule has 1 saturated heterocycles. The van der Waals surface area contributed by atoms with Gasteiger partial charge in [0.1, 0.15) is 11.7 Å². The Bertz CT molecular complexity index is 784. The average molecular weight is 354 g/mol. The minimum absolute atomic E-state index is 0.757. The lowest BCUT2D eigenvalue weighted by Crippen LogP contribution is -2.45. The summed E-state index contributed by atoms with van der Waals surface area (Å²) in [5.74, 6) is 1.78. The fraction of sp³-hybridized carbons (Fsp3) is 0.278. The molecule has 6 nitrogen and oxygen atoms in total. The second-order valence-corrected chi connectivity index (χ2v) is 6.46. The third-order valence-electron chi connectivity index (χ3n) is 4.12. The van der Waals surface area contributed by atoms with Crippen molar-refractivity contribution >= 4 is 26.2 Å². The number of aromatic amines is 1. The van der Waals surface area contributed by atoms with Gasteiger partial charge in [0.2, 0.25) is 0 Å². The first kappa shape index (κ1) is 17.5. The number of hydrogen-bond donors (Lipinski definition) is 2. The summed E-state index contributed by atoms with van der Waals surface area (Å²) in [7, 11) is 2.61. The van der Waals surface area contributed by atoms with E-state index in [1.807, 2.05) is 31.2 Å². The van der Waals surface area contributed by atoms with Gasteiger partial charge in [0, 0.05) is 37.3 Å². The number of amidine groups is 1. The van der Waals surface area contributed by atoms with Crippen LogP contribution in [0.25, 0.3) is 11.4 Å². The average Bonchev–Trinajstić information content (AvgIpc) is 3.09. The van der Waals surface area contributed by atoms with Crippen molar-refractivity contribution < 1.29 is 0 Å². The molecule has 1 unspecified atom stereocenters. The predicted octanol–water partition coefficient (Wildman–Crippen LogP) is 1.79. The summed E-state index contributed by atoms with van der Waals surface area (Å²) in [5.41, 5.74) is 3.73. The highest BCUT2D eigenvalue weighted by Gasteiger charge is 2.10. The zero-order valence-corrected chi connectivity index (χ0v) is 15.5. The van der Waals surface area contributed by atoms with E-state index in [1.54, 1.807) is 12.3 Å². The van der Waals surface area contributed by atoms with E-state index in [0.717, 1.165) is 60.1 Å². The van der Waals surface area contributed by atoms with Gasteiger partial charge in [-0.15, -0.1) is 10.2 Å². The number of nitrogens with zero attached hydrogens (tertiary/aromatic N) is 4. The topological polar surface area (TPSA) is 68.7 Å². The normalized spacial score (nSPS) is 16.2. The molecular weight excluding hydrogens is 331 g/mol. The number of aromatic nitrogens is 2. The van der Waals surface area contributed by atoms with Gasteiger partial charge in [-0.25, -0.2) is 4.98 Å². The van der Waals surface area contributed by atoms with Gasteiger partial charge in [0.05, 0.1) is 17.3 Å². The van der Waals surface area contributed by atoms with Crippen LogP contribution >= 0.6 is 9.24 Å². The van der Waals surface area contributed by atoms with Gasteiger partial charge in [-0.2, -0.15) is 0 Å². The highest BCUT2D eigenvalue weighted by molar-refractivity contribution is 7.26. The molecule has 7 heteroatoms. The van der Waals surface area contributed by atoms with Crippen LogP contribution in [0.5, 0.6) is 0 Å². The van der Waals surface area contributed by atoms with E-state index < -0.39 is 0 Å². The Morgan fingerprint density at radius 1 is 1.24 bits per heavy atom. The fourth-order valence-electron chi connectivity index (χ4n) is 2.68. The number of hydrogen-bond acceptors (Lipinski definition) is 4. The second-order valence-electron chi connectivity index (χ2n) is 5.84. The van der Waals surface area contributed by atoms with Crippen LogP contribution in [0.2, 0.25) is 0 Å². The van der Waals surface area contributed by atoms with Crippen molar-refractivity contribution in [1.82, 2.24) is 20.2 Å². The zero-order chi connectivity index (χ0) is 17.6. The van der Waals surface area contributed by atoms with Crippen LogP contribution in [0.15, 0.2) is 53.3 Å². The predicted molar refractivity (Wildman–Crippen MR) is 108 cm³/mol. The van der Waals surface area contributed by atoms with Crippen molar-refractivity contribution in [2.75, 3.05) is 26.2 Å². The lowest BCUT2D eigenvalue weighted by Gasteiger charge is -2.28. The molecule has 1 aliphatic heterocycles. The third kappa shape index (κ3) is 4.41. The minimum Gasteiger partial charge on any atom is -0.356 e. The van der Waals surface area contributed by atoms with Gasteiger partial charge in [-0.3, -0.25) is 0 Å². The SMILES string of the molecule is C=C/C(=N\N=C(/C)N1CCNCC1)c1ccc(-c2ncc(P)[nH]2)cc1. The number of benzene rings is 1. The molecule has 25 heavy (non-hydrogen) atoms. The number of rotatable bonds is 4. The van der Waals surface area contributed by atoms with Crippen molar-refractivity contribution in [2.24, 2.45) is 10.2 Å². The first-order valence-electron chi connectivity index (χ1n) is 8.29. The van der Waals surface area contributed by atoms with Crippen LogP contribution < -0.4 is 10.8 Å². The van der Waals surface area contributed by atoms with Gasteiger partial charge in [-0.05, 0) is 13.0 Å². The lowest BCUT2D eigenvalue weighted by molar-refractivity contribution is 0.355. The van der Waals surface area contributed by atoms with Crippen molar-refractivity contribution in [3.8, 4) is 11.4 Å². The molecule has 2 aromatic rings. The smallest absolute Gasteiger partial charge is 0.137 e. The fourth-order valence-corrected chi connectivity index (χ4v) is 2.89. The van der Waals surface area contributed by atoms with E-state index in [9.17, 15) is 0 Å². The van der Waals surface area contributed by atoms with Crippen LogP contribution in [0.1, 0.15) is 12.5 Å². The monoisotopic (exact) mass is 354 g/mol. The first-order chi connectivity index (χ1) is 12.2. The minimum atomic E-state index is 0.757. The summed E-state index contributed by atoms with van der Waals surface area (Å²) in [6, 6.07) is 8.06. The van der Waals surface area contributed by atoms with Gasteiger partial charge in [0.15, 0.2) is 0 Å². The Morgan fingerprint density at radius 3 is 2.56 bits per heavy atom. The number of H-pyrrole nitrogens is 1. The summed E-state index contributed by atoms with van der Waals surface area (Å²) < 4.78 is 0. The summed E-state index contributed by atoms with van der Waals surface area (Å²) in [4.78, 5) is 9.77. The molecule has 0 radical (unpaired) electrons. The summed E-state index contributed by atoms with van der Waals surface area (Å²) in [6.45, 7) is 9.75. The molecule has 1 aliphatic rings. The summed E-state index contributed by atoms with van der Waals surface area (Å²) in [5, 5.41) is 12.1. The molecule has 0 bridgehead atoms. The quantitative estimate of drug-likeness (QED) is 0.381. The van der Waals surface area contributed by atoms with E-state index in [-0.39, 0.29) is 0 Å². The Morgan fingerprint density at radius 2 is 1.96 bits per heavy atom. The Hall–Kier alpha value is -2.30. The Labute approximate surface area is 150 Å². The molecule has 1 aromatic carbocycles. The zero-order valence-electron chi connectivity index (χ0n) is 14.4. The Kier molecular flexibility index (Phi) is 5.74. The maximum atomic E-state index is 4.39. The molecule has 130 valence electrons. The van der Waals surface area contributed by atoms with Crippen molar-refractivity contribution in [1.29, 1.82) is 0 Å². The first-order valence-corrected chi connectivity index (χ1v) is 8.87.